The minimum atomic E-state index is 0.0252. The van der Waals surface area contributed by atoms with E-state index in [-0.39, 0.29) is 5.91 Å². The first-order chi connectivity index (χ1) is 11.8. The molecule has 1 saturated carbocycles. The molecule has 2 heterocycles. The molecular formula is C19H24N4O. The van der Waals surface area contributed by atoms with Gasteiger partial charge >= 0.3 is 0 Å². The van der Waals surface area contributed by atoms with Gasteiger partial charge in [-0.1, -0.05) is 12.8 Å². The van der Waals surface area contributed by atoms with E-state index < -0.39 is 0 Å². The quantitative estimate of drug-likeness (QED) is 0.941. The monoisotopic (exact) mass is 324 g/mol. The van der Waals surface area contributed by atoms with Gasteiger partial charge in [0.2, 0.25) is 0 Å². The van der Waals surface area contributed by atoms with Crippen molar-refractivity contribution in [2.45, 2.75) is 51.0 Å². The summed E-state index contributed by atoms with van der Waals surface area (Å²) >= 11 is 0. The average Bonchev–Trinajstić information content (AvgIpc) is 3.14. The van der Waals surface area contributed by atoms with Gasteiger partial charge in [-0.25, -0.2) is 9.97 Å². The minimum Gasteiger partial charge on any atom is -0.356 e. The summed E-state index contributed by atoms with van der Waals surface area (Å²) in [5, 5.41) is 4.15. The Kier molecular flexibility index (Phi) is 4.32. The van der Waals surface area contributed by atoms with Gasteiger partial charge in [-0.3, -0.25) is 4.79 Å². The first kappa shape index (κ1) is 15.4. The van der Waals surface area contributed by atoms with Crippen LogP contribution in [-0.2, 0) is 0 Å². The number of aromatic nitrogens is 2. The molecule has 1 aromatic heterocycles. The molecule has 1 aliphatic carbocycles. The smallest absolute Gasteiger partial charge is 0.251 e. The lowest BCUT2D eigenvalue weighted by molar-refractivity contribution is 0.0938. The van der Waals surface area contributed by atoms with Gasteiger partial charge in [-0.15, -0.1) is 0 Å². The van der Waals surface area contributed by atoms with E-state index in [2.05, 4.69) is 20.2 Å². The molecule has 0 atom stereocenters. The first-order valence-corrected chi connectivity index (χ1v) is 9.12. The molecule has 5 nitrogen and oxygen atoms in total. The van der Waals surface area contributed by atoms with E-state index in [0.717, 1.165) is 42.7 Å². The van der Waals surface area contributed by atoms with Crippen LogP contribution in [0.1, 0.15) is 55.3 Å². The highest BCUT2D eigenvalue weighted by molar-refractivity contribution is 6.00. The van der Waals surface area contributed by atoms with Crippen LogP contribution in [0, 0.1) is 0 Å². The molecule has 2 aliphatic rings. The maximum absolute atomic E-state index is 12.6. The van der Waals surface area contributed by atoms with Crippen LogP contribution in [-0.4, -0.2) is 35.0 Å². The summed E-state index contributed by atoms with van der Waals surface area (Å²) in [5.74, 6) is 0.993. The molecule has 24 heavy (non-hydrogen) atoms. The Morgan fingerprint density at radius 3 is 2.62 bits per heavy atom. The lowest BCUT2D eigenvalue weighted by atomic mass is 10.1. The van der Waals surface area contributed by atoms with Crippen LogP contribution in [0.25, 0.3) is 10.9 Å². The molecular weight excluding hydrogens is 300 g/mol. The summed E-state index contributed by atoms with van der Waals surface area (Å²) in [5.41, 5.74) is 1.62. The second-order valence-electron chi connectivity index (χ2n) is 6.93. The fraction of sp³-hybridized carbons (Fsp3) is 0.526. The fourth-order valence-corrected chi connectivity index (χ4v) is 3.88. The lowest BCUT2D eigenvalue weighted by Crippen LogP contribution is -2.32. The van der Waals surface area contributed by atoms with Crippen molar-refractivity contribution >= 4 is 22.6 Å². The molecule has 5 heteroatoms. The van der Waals surface area contributed by atoms with E-state index in [1.165, 1.54) is 32.1 Å². The minimum absolute atomic E-state index is 0.0252. The van der Waals surface area contributed by atoms with Gasteiger partial charge in [0.15, 0.2) is 0 Å². The number of anilines is 1. The number of hydrogen-bond donors (Lipinski definition) is 1. The normalized spacial score (nSPS) is 18.9. The fourth-order valence-electron chi connectivity index (χ4n) is 3.88. The zero-order chi connectivity index (χ0) is 16.4. The van der Waals surface area contributed by atoms with Crippen LogP contribution < -0.4 is 10.2 Å². The molecule has 1 amide bonds. The average molecular weight is 324 g/mol. The number of carbonyl (C=O) groups is 1. The number of nitrogens with zero attached hydrogens (tertiary/aromatic N) is 3. The van der Waals surface area contributed by atoms with Crippen molar-refractivity contribution in [2.75, 3.05) is 18.0 Å². The summed E-state index contributed by atoms with van der Waals surface area (Å²) in [6, 6.07) is 6.11. The van der Waals surface area contributed by atoms with Crippen molar-refractivity contribution in [3.8, 4) is 0 Å². The predicted octanol–water partition coefficient (Wildman–Crippen LogP) is 3.29. The van der Waals surface area contributed by atoms with E-state index >= 15 is 0 Å². The Balaban J connectivity index is 1.64. The Labute approximate surface area is 142 Å². The highest BCUT2D eigenvalue weighted by Gasteiger charge is 2.20. The van der Waals surface area contributed by atoms with Crippen molar-refractivity contribution in [1.29, 1.82) is 0 Å². The van der Waals surface area contributed by atoms with Crippen LogP contribution in [0.3, 0.4) is 0 Å². The highest BCUT2D eigenvalue weighted by Crippen LogP contribution is 2.27. The van der Waals surface area contributed by atoms with Crippen molar-refractivity contribution in [3.05, 3.63) is 30.1 Å². The van der Waals surface area contributed by atoms with Crippen LogP contribution in [0.4, 0.5) is 5.82 Å². The van der Waals surface area contributed by atoms with E-state index in [1.54, 1.807) is 6.33 Å². The summed E-state index contributed by atoms with van der Waals surface area (Å²) in [6.07, 6.45) is 9.95. The number of carbonyl (C=O) groups excluding carboxylic acids is 1. The van der Waals surface area contributed by atoms with E-state index in [4.69, 9.17) is 0 Å². The van der Waals surface area contributed by atoms with E-state index in [9.17, 15) is 4.79 Å². The van der Waals surface area contributed by atoms with Gasteiger partial charge < -0.3 is 10.2 Å². The number of rotatable bonds is 3. The predicted molar refractivity (Wildman–Crippen MR) is 95.3 cm³/mol. The first-order valence-electron chi connectivity index (χ1n) is 9.12. The number of nitrogens with one attached hydrogen (secondary N) is 1. The lowest BCUT2D eigenvalue weighted by Gasteiger charge is -2.28. The van der Waals surface area contributed by atoms with Crippen molar-refractivity contribution in [1.82, 2.24) is 15.3 Å². The summed E-state index contributed by atoms with van der Waals surface area (Å²) in [4.78, 5) is 23.8. The summed E-state index contributed by atoms with van der Waals surface area (Å²) < 4.78 is 0. The topological polar surface area (TPSA) is 58.1 Å². The third-order valence-electron chi connectivity index (χ3n) is 5.22. The molecule has 2 fully saturated rings. The van der Waals surface area contributed by atoms with Crippen LogP contribution in [0.2, 0.25) is 0 Å². The zero-order valence-corrected chi connectivity index (χ0v) is 14.0. The molecule has 1 aliphatic heterocycles. The number of piperidine rings is 1. The Hall–Kier alpha value is -2.17. The zero-order valence-electron chi connectivity index (χ0n) is 14.0. The summed E-state index contributed by atoms with van der Waals surface area (Å²) in [7, 11) is 0. The maximum atomic E-state index is 12.6. The number of benzene rings is 1. The SMILES string of the molecule is O=C(NC1CCCC1)c1ccc2ncnc(N3CCCCC3)c2c1. The molecule has 2 aromatic rings. The highest BCUT2D eigenvalue weighted by atomic mass is 16.1. The second kappa shape index (κ2) is 6.75. The molecule has 0 radical (unpaired) electrons. The number of amides is 1. The maximum Gasteiger partial charge on any atom is 0.251 e. The van der Waals surface area contributed by atoms with Gasteiger partial charge in [-0.2, -0.15) is 0 Å². The van der Waals surface area contributed by atoms with E-state index in [1.807, 2.05) is 18.2 Å². The third-order valence-corrected chi connectivity index (χ3v) is 5.22. The van der Waals surface area contributed by atoms with Gasteiger partial charge in [0.05, 0.1) is 5.52 Å². The van der Waals surface area contributed by atoms with Crippen molar-refractivity contribution in [3.63, 3.8) is 0 Å². The van der Waals surface area contributed by atoms with Crippen LogP contribution >= 0.6 is 0 Å². The van der Waals surface area contributed by atoms with Gasteiger partial charge in [0, 0.05) is 30.1 Å². The molecule has 126 valence electrons. The molecule has 1 N–H and O–H groups in total. The van der Waals surface area contributed by atoms with Crippen molar-refractivity contribution < 1.29 is 4.79 Å². The molecule has 0 bridgehead atoms. The Morgan fingerprint density at radius 2 is 1.83 bits per heavy atom. The number of fused-ring (bicyclic) bond motifs is 1. The van der Waals surface area contributed by atoms with Gasteiger partial charge in [0.1, 0.15) is 12.1 Å². The van der Waals surface area contributed by atoms with Crippen LogP contribution in [0.5, 0.6) is 0 Å². The molecule has 0 unspecified atom stereocenters. The largest absolute Gasteiger partial charge is 0.356 e. The van der Waals surface area contributed by atoms with Crippen LogP contribution in [0.15, 0.2) is 24.5 Å². The second-order valence-corrected chi connectivity index (χ2v) is 6.93. The van der Waals surface area contributed by atoms with E-state index in [0.29, 0.717) is 11.6 Å². The molecule has 1 aromatic carbocycles. The van der Waals surface area contributed by atoms with Gasteiger partial charge in [-0.05, 0) is 50.3 Å². The Bertz CT molecular complexity index is 733. The number of hydrogen-bond acceptors (Lipinski definition) is 4. The standard InChI is InChI=1S/C19H24N4O/c24-19(22-15-6-2-3-7-15)14-8-9-17-16(12-14)18(21-13-20-17)23-10-4-1-5-11-23/h8-9,12-13,15H,1-7,10-11H2,(H,22,24). The molecule has 0 spiro atoms. The Morgan fingerprint density at radius 1 is 1.04 bits per heavy atom. The summed E-state index contributed by atoms with van der Waals surface area (Å²) in [6.45, 7) is 2.06. The van der Waals surface area contributed by atoms with Gasteiger partial charge in [0.25, 0.3) is 5.91 Å². The third kappa shape index (κ3) is 3.07. The van der Waals surface area contributed by atoms with Crippen molar-refractivity contribution in [2.24, 2.45) is 0 Å². The molecule has 4 rings (SSSR count). The molecule has 1 saturated heterocycles.